The Morgan fingerprint density at radius 3 is 2.33 bits per heavy atom. The molecule has 0 bridgehead atoms. The van der Waals surface area contributed by atoms with Crippen LogP contribution in [0, 0.1) is 17.8 Å². The van der Waals surface area contributed by atoms with Crippen LogP contribution in [0.1, 0.15) is 98.5 Å². The van der Waals surface area contributed by atoms with E-state index >= 15 is 0 Å². The number of thiazole rings is 2. The van der Waals surface area contributed by atoms with Crippen LogP contribution < -0.4 is 5.32 Å². The zero-order chi connectivity index (χ0) is 33.5. The van der Waals surface area contributed by atoms with Crippen molar-refractivity contribution in [2.45, 2.75) is 97.0 Å². The van der Waals surface area contributed by atoms with E-state index in [2.05, 4.69) is 15.3 Å². The van der Waals surface area contributed by atoms with Crippen LogP contribution in [0.15, 0.2) is 10.8 Å². The fourth-order valence-electron chi connectivity index (χ4n) is 5.05. The van der Waals surface area contributed by atoms with E-state index in [9.17, 15) is 32.3 Å². The smallest absolute Gasteiger partial charge is 0.434 e. The van der Waals surface area contributed by atoms with E-state index in [0.717, 1.165) is 47.3 Å². The number of carbonyl (C=O) groups is 4. The maximum atomic E-state index is 13.3. The van der Waals surface area contributed by atoms with E-state index in [-0.39, 0.29) is 47.8 Å². The van der Waals surface area contributed by atoms with E-state index < -0.39 is 47.8 Å². The van der Waals surface area contributed by atoms with Crippen molar-refractivity contribution in [2.75, 3.05) is 14.2 Å². The summed E-state index contributed by atoms with van der Waals surface area (Å²) < 4.78 is 49.7. The Balaban J connectivity index is 1.77. The standard InChI is InChI=1S/C30H41F3N4O6S2/c1-16(2)22(37(5)26(39)10-9-19-7-8-19)13-23(43-18(4)38)28-35-21(14-45-28)27(40)34-20(11-17(3)29(41)42-6)12-25-36-24(15-44-25)30(31,32)33/h14-17,19-20,22-23H,7-13H2,1-6H3,(H,34,40)/t17-,20+,22?,23+/m0/s1. The topological polar surface area (TPSA) is 128 Å². The van der Waals surface area contributed by atoms with Crippen molar-refractivity contribution in [2.24, 2.45) is 17.8 Å². The molecule has 2 heterocycles. The molecule has 1 aliphatic carbocycles. The van der Waals surface area contributed by atoms with Gasteiger partial charge in [-0.15, -0.1) is 22.7 Å². The molecule has 2 aromatic heterocycles. The summed E-state index contributed by atoms with van der Waals surface area (Å²) in [5.74, 6) is -1.64. The van der Waals surface area contributed by atoms with E-state index in [1.165, 1.54) is 19.4 Å². The molecule has 3 rings (SSSR count). The molecule has 1 saturated carbocycles. The number of amides is 2. The highest BCUT2D eigenvalue weighted by Gasteiger charge is 2.35. The van der Waals surface area contributed by atoms with Crippen molar-refractivity contribution in [3.05, 3.63) is 32.2 Å². The monoisotopic (exact) mass is 674 g/mol. The molecule has 0 aliphatic heterocycles. The Hall–Kier alpha value is -3.07. The van der Waals surface area contributed by atoms with Crippen LogP contribution >= 0.6 is 22.7 Å². The number of carbonyl (C=O) groups excluding carboxylic acids is 4. The normalized spacial score (nSPS) is 16.0. The van der Waals surface area contributed by atoms with Crippen LogP contribution in [0.4, 0.5) is 13.2 Å². The van der Waals surface area contributed by atoms with E-state index in [0.29, 0.717) is 17.3 Å². The van der Waals surface area contributed by atoms with Gasteiger partial charge in [-0.25, -0.2) is 9.97 Å². The number of hydrogen-bond acceptors (Lipinski definition) is 10. The summed E-state index contributed by atoms with van der Waals surface area (Å²) in [4.78, 5) is 60.2. The summed E-state index contributed by atoms with van der Waals surface area (Å²) in [7, 11) is 2.98. The second-order valence-corrected chi connectivity index (χ2v) is 13.7. The maximum absolute atomic E-state index is 13.3. The first-order chi connectivity index (χ1) is 21.1. The Kier molecular flexibility index (Phi) is 12.9. The summed E-state index contributed by atoms with van der Waals surface area (Å²) >= 11 is 1.94. The molecule has 0 saturated heterocycles. The van der Waals surface area contributed by atoms with Gasteiger partial charge in [-0.2, -0.15) is 13.2 Å². The summed E-state index contributed by atoms with van der Waals surface area (Å²) in [6.45, 7) is 6.84. The number of hydrogen-bond donors (Lipinski definition) is 1. The number of rotatable bonds is 16. The second-order valence-electron chi connectivity index (χ2n) is 11.9. The van der Waals surface area contributed by atoms with Crippen molar-refractivity contribution >= 4 is 46.4 Å². The van der Waals surface area contributed by atoms with Gasteiger partial charge < -0.3 is 19.7 Å². The Morgan fingerprint density at radius 2 is 1.78 bits per heavy atom. The second kappa shape index (κ2) is 16.0. The maximum Gasteiger partial charge on any atom is 0.434 e. The minimum absolute atomic E-state index is 0.0213. The number of aromatic nitrogens is 2. The van der Waals surface area contributed by atoms with Gasteiger partial charge in [-0.3, -0.25) is 19.2 Å². The molecular weight excluding hydrogens is 633 g/mol. The van der Waals surface area contributed by atoms with Gasteiger partial charge in [0.05, 0.1) is 18.0 Å². The fraction of sp³-hybridized carbons (Fsp3) is 0.667. The molecular formula is C30H41F3N4O6S2. The Morgan fingerprint density at radius 1 is 1.09 bits per heavy atom. The predicted octanol–water partition coefficient (Wildman–Crippen LogP) is 5.83. The highest BCUT2D eigenvalue weighted by atomic mass is 32.1. The average Bonchev–Trinajstić information content (AvgIpc) is 3.43. The van der Waals surface area contributed by atoms with Gasteiger partial charge in [-0.1, -0.05) is 33.6 Å². The van der Waals surface area contributed by atoms with E-state index in [1.807, 2.05) is 13.8 Å². The summed E-state index contributed by atoms with van der Waals surface area (Å²) in [6.07, 6.45) is -1.45. The largest absolute Gasteiger partial charge is 0.469 e. The summed E-state index contributed by atoms with van der Waals surface area (Å²) in [6, 6.07) is -1.01. The van der Waals surface area contributed by atoms with E-state index in [4.69, 9.17) is 9.47 Å². The molecule has 1 aliphatic rings. The van der Waals surface area contributed by atoms with Crippen molar-refractivity contribution < 1.29 is 41.8 Å². The third-order valence-electron chi connectivity index (χ3n) is 7.76. The Bertz CT molecular complexity index is 1330. The first-order valence-electron chi connectivity index (χ1n) is 14.9. The number of esters is 2. The molecule has 1 fully saturated rings. The minimum atomic E-state index is -4.60. The van der Waals surface area contributed by atoms with Gasteiger partial charge >= 0.3 is 18.1 Å². The lowest BCUT2D eigenvalue weighted by Gasteiger charge is -2.33. The lowest BCUT2D eigenvalue weighted by atomic mass is 9.96. The molecule has 2 amide bonds. The molecule has 2 aromatic rings. The molecule has 10 nitrogen and oxygen atoms in total. The molecule has 0 aromatic carbocycles. The molecule has 1 N–H and O–H groups in total. The molecule has 4 atom stereocenters. The Labute approximate surface area is 269 Å². The molecule has 250 valence electrons. The number of ether oxygens (including phenoxy) is 2. The van der Waals surface area contributed by atoms with Crippen LogP contribution in [-0.2, 0) is 36.5 Å². The van der Waals surface area contributed by atoms with Crippen molar-refractivity contribution in [3.63, 3.8) is 0 Å². The SMILES string of the molecule is COC(=O)[C@@H](C)C[C@H](Cc1nc(C(F)(F)F)cs1)NC(=O)c1csc([C@@H](CC(C(C)C)N(C)C(=O)CCC2CC2)OC(C)=O)n1. The van der Waals surface area contributed by atoms with Gasteiger partial charge in [0, 0.05) is 56.1 Å². The lowest BCUT2D eigenvalue weighted by Crippen LogP contribution is -2.41. The van der Waals surface area contributed by atoms with Crippen LogP contribution in [0.5, 0.6) is 0 Å². The molecule has 0 spiro atoms. The van der Waals surface area contributed by atoms with Crippen molar-refractivity contribution in [3.8, 4) is 0 Å². The average molecular weight is 675 g/mol. The highest BCUT2D eigenvalue weighted by molar-refractivity contribution is 7.10. The predicted molar refractivity (Wildman–Crippen MR) is 162 cm³/mol. The fourth-order valence-corrected chi connectivity index (χ4v) is 6.78. The number of halogens is 3. The molecule has 15 heteroatoms. The van der Waals surface area contributed by atoms with Crippen molar-refractivity contribution in [1.82, 2.24) is 20.2 Å². The van der Waals surface area contributed by atoms with Crippen LogP contribution in [0.25, 0.3) is 0 Å². The van der Waals surface area contributed by atoms with Gasteiger partial charge in [-0.05, 0) is 24.7 Å². The number of nitrogens with one attached hydrogen (secondary N) is 1. The van der Waals surface area contributed by atoms with Crippen LogP contribution in [0.3, 0.4) is 0 Å². The van der Waals surface area contributed by atoms with Crippen molar-refractivity contribution in [1.29, 1.82) is 0 Å². The highest BCUT2D eigenvalue weighted by Crippen LogP contribution is 2.35. The van der Waals surface area contributed by atoms with Gasteiger partial charge in [0.1, 0.15) is 10.7 Å². The van der Waals surface area contributed by atoms with Crippen LogP contribution in [-0.4, -0.2) is 64.9 Å². The molecule has 0 radical (unpaired) electrons. The van der Waals surface area contributed by atoms with Crippen LogP contribution in [0.2, 0.25) is 0 Å². The van der Waals surface area contributed by atoms with Gasteiger partial charge in [0.2, 0.25) is 5.91 Å². The van der Waals surface area contributed by atoms with Gasteiger partial charge in [0.25, 0.3) is 5.91 Å². The lowest BCUT2D eigenvalue weighted by molar-refractivity contribution is -0.148. The minimum Gasteiger partial charge on any atom is -0.469 e. The number of methoxy groups -OCH3 is 1. The van der Waals surface area contributed by atoms with E-state index in [1.54, 1.807) is 18.9 Å². The quantitative estimate of drug-likeness (QED) is 0.221. The number of nitrogens with zero attached hydrogens (tertiary/aromatic N) is 3. The summed E-state index contributed by atoms with van der Waals surface area (Å²) in [5, 5.41) is 5.70. The number of alkyl halides is 3. The third kappa shape index (κ3) is 11.0. The molecule has 1 unspecified atom stereocenters. The third-order valence-corrected chi connectivity index (χ3v) is 9.57. The zero-order valence-corrected chi connectivity index (χ0v) is 27.9. The van der Waals surface area contributed by atoms with Gasteiger partial charge in [0.15, 0.2) is 11.8 Å². The first-order valence-corrected chi connectivity index (χ1v) is 16.6. The zero-order valence-electron chi connectivity index (χ0n) is 26.3. The first kappa shape index (κ1) is 36.4. The molecule has 45 heavy (non-hydrogen) atoms. The summed E-state index contributed by atoms with van der Waals surface area (Å²) in [5.41, 5.74) is -1.00.